The van der Waals surface area contributed by atoms with E-state index in [2.05, 4.69) is 63.3 Å². The Bertz CT molecular complexity index is 596. The van der Waals surface area contributed by atoms with E-state index in [0.29, 0.717) is 5.69 Å². The zero-order valence-electron chi connectivity index (χ0n) is 8.38. The van der Waals surface area contributed by atoms with Crippen molar-refractivity contribution in [2.75, 3.05) is 5.32 Å². The number of benzene rings is 1. The number of aromatic nitrogens is 2. The van der Waals surface area contributed by atoms with E-state index in [1.807, 2.05) is 12.1 Å². The third-order valence-electron chi connectivity index (χ3n) is 1.84. The second-order valence-electron chi connectivity index (χ2n) is 3.06. The van der Waals surface area contributed by atoms with Crippen LogP contribution in [-0.2, 0) is 0 Å². The first-order valence-electron chi connectivity index (χ1n) is 4.42. The molecule has 0 aliphatic carbocycles. The lowest BCUT2D eigenvalue weighted by Gasteiger charge is -2.08. The summed E-state index contributed by atoms with van der Waals surface area (Å²) >= 11 is 16.7. The van der Waals surface area contributed by atoms with E-state index in [1.54, 1.807) is 0 Å². The number of hydrogen-bond donors (Lipinski definition) is 1. The highest BCUT2D eigenvalue weighted by molar-refractivity contribution is 9.11. The molecule has 0 aliphatic heterocycles. The van der Waals surface area contributed by atoms with E-state index in [9.17, 15) is 4.79 Å². The van der Waals surface area contributed by atoms with Crippen molar-refractivity contribution in [1.82, 2.24) is 10.2 Å². The van der Waals surface area contributed by atoms with Gasteiger partial charge in [0, 0.05) is 13.4 Å². The Morgan fingerprint density at radius 3 is 2.33 bits per heavy atom. The molecule has 94 valence electrons. The molecule has 18 heavy (non-hydrogen) atoms. The molecule has 1 amide bonds. The number of nitrogens with one attached hydrogen (secondary N) is 1. The first-order valence-corrected chi connectivity index (χ1v) is 7.99. The monoisotopic (exact) mass is 473 g/mol. The lowest BCUT2D eigenvalue weighted by atomic mass is 10.3. The number of halogens is 4. The Hall–Kier alpha value is -0.0200. The van der Waals surface area contributed by atoms with Crippen molar-refractivity contribution in [2.45, 2.75) is 0 Å². The molecular weight excluding hydrogens is 473 g/mol. The highest BCUT2D eigenvalue weighted by atomic mass is 79.9. The Balaban J connectivity index is 2.27. The van der Waals surface area contributed by atoms with Crippen LogP contribution >= 0.6 is 70.7 Å². The van der Waals surface area contributed by atoms with Crippen LogP contribution in [0.4, 0.5) is 5.69 Å². The third kappa shape index (κ3) is 3.30. The largest absolute Gasteiger partial charge is 0.318 e. The van der Waals surface area contributed by atoms with Gasteiger partial charge in [0.15, 0.2) is 0 Å². The summed E-state index contributed by atoms with van der Waals surface area (Å²) in [4.78, 5) is 11.9. The van der Waals surface area contributed by atoms with Gasteiger partial charge in [-0.2, -0.15) is 0 Å². The minimum absolute atomic E-state index is 0.210. The predicted octanol–water partition coefficient (Wildman–Crippen LogP) is 4.73. The molecular formula is C9H3Br3ClN3OS. The van der Waals surface area contributed by atoms with Crippen LogP contribution in [0, 0.1) is 0 Å². The van der Waals surface area contributed by atoms with Gasteiger partial charge < -0.3 is 5.32 Å². The summed E-state index contributed by atoms with van der Waals surface area (Å²) in [6, 6.07) is 3.65. The molecule has 1 aromatic carbocycles. The summed E-state index contributed by atoms with van der Waals surface area (Å²) in [5.74, 6) is -0.358. The molecule has 1 aromatic heterocycles. The molecule has 9 heteroatoms. The molecule has 0 fully saturated rings. The Morgan fingerprint density at radius 2 is 1.83 bits per heavy atom. The van der Waals surface area contributed by atoms with Gasteiger partial charge in [0.1, 0.15) is 0 Å². The molecule has 0 saturated carbocycles. The molecule has 0 saturated heterocycles. The number of amides is 1. The Kier molecular flexibility index (Phi) is 4.76. The van der Waals surface area contributed by atoms with Crippen LogP contribution in [0.1, 0.15) is 9.80 Å². The fraction of sp³-hybridized carbons (Fsp3) is 0. The maximum absolute atomic E-state index is 11.9. The SMILES string of the molecule is O=C(Nc1c(Br)cc(Br)cc1Br)c1nnc(Cl)s1. The molecule has 0 unspecified atom stereocenters. The first-order chi connectivity index (χ1) is 8.47. The third-order valence-corrected chi connectivity index (χ3v) is 4.57. The number of rotatable bonds is 2. The van der Waals surface area contributed by atoms with E-state index in [1.165, 1.54) is 0 Å². The van der Waals surface area contributed by atoms with Crippen molar-refractivity contribution in [1.29, 1.82) is 0 Å². The number of hydrogen-bond acceptors (Lipinski definition) is 4. The highest BCUT2D eigenvalue weighted by Crippen LogP contribution is 2.34. The van der Waals surface area contributed by atoms with Crippen LogP contribution in [-0.4, -0.2) is 16.1 Å². The van der Waals surface area contributed by atoms with Crippen LogP contribution in [0.25, 0.3) is 0 Å². The molecule has 2 rings (SSSR count). The van der Waals surface area contributed by atoms with E-state index in [4.69, 9.17) is 11.6 Å². The van der Waals surface area contributed by atoms with E-state index in [0.717, 1.165) is 24.8 Å². The first kappa shape index (κ1) is 14.4. The summed E-state index contributed by atoms with van der Waals surface area (Å²) in [5.41, 5.74) is 0.620. The molecule has 2 aromatic rings. The zero-order valence-corrected chi connectivity index (χ0v) is 14.7. The quantitative estimate of drug-likeness (QED) is 0.682. The van der Waals surface area contributed by atoms with Crippen LogP contribution in [0.5, 0.6) is 0 Å². The zero-order chi connectivity index (χ0) is 13.3. The predicted molar refractivity (Wildman–Crippen MR) is 82.4 cm³/mol. The normalized spacial score (nSPS) is 10.4. The maximum atomic E-state index is 11.9. The van der Waals surface area contributed by atoms with E-state index >= 15 is 0 Å². The average molecular weight is 476 g/mol. The van der Waals surface area contributed by atoms with E-state index < -0.39 is 0 Å². The maximum Gasteiger partial charge on any atom is 0.286 e. The van der Waals surface area contributed by atoms with Gasteiger partial charge in [-0.25, -0.2) is 0 Å². The molecule has 1 N–H and O–H groups in total. The summed E-state index contributed by atoms with van der Waals surface area (Å²) in [5, 5.41) is 10.2. The number of carbonyl (C=O) groups excluding carboxylic acids is 1. The van der Waals surface area contributed by atoms with E-state index in [-0.39, 0.29) is 15.4 Å². The number of anilines is 1. The minimum atomic E-state index is -0.358. The van der Waals surface area contributed by atoms with Gasteiger partial charge in [0.25, 0.3) is 5.91 Å². The summed E-state index contributed by atoms with van der Waals surface area (Å²) in [6.07, 6.45) is 0. The highest BCUT2D eigenvalue weighted by Gasteiger charge is 2.15. The second kappa shape index (κ2) is 5.96. The van der Waals surface area contributed by atoms with Gasteiger partial charge in [0.05, 0.1) is 5.69 Å². The fourth-order valence-electron chi connectivity index (χ4n) is 1.13. The van der Waals surface area contributed by atoms with Crippen molar-refractivity contribution in [3.8, 4) is 0 Å². The van der Waals surface area contributed by atoms with Crippen LogP contribution in [0.3, 0.4) is 0 Å². The minimum Gasteiger partial charge on any atom is -0.318 e. The van der Waals surface area contributed by atoms with Gasteiger partial charge in [-0.05, 0) is 55.6 Å². The molecule has 0 radical (unpaired) electrons. The van der Waals surface area contributed by atoms with Gasteiger partial charge in [-0.1, -0.05) is 27.3 Å². The molecule has 1 heterocycles. The Labute approximate surface area is 137 Å². The van der Waals surface area contributed by atoms with Crippen LogP contribution in [0.15, 0.2) is 25.6 Å². The van der Waals surface area contributed by atoms with Crippen molar-refractivity contribution in [3.05, 3.63) is 35.0 Å². The summed E-state index contributed by atoms with van der Waals surface area (Å²) < 4.78 is 2.60. The standard InChI is InChI=1S/C9H3Br3ClN3OS/c10-3-1-4(11)6(5(12)2-3)14-7(17)8-15-16-9(13)18-8/h1-2H,(H,14,17). The van der Waals surface area contributed by atoms with Crippen molar-refractivity contribution in [2.24, 2.45) is 0 Å². The van der Waals surface area contributed by atoms with Crippen molar-refractivity contribution in [3.63, 3.8) is 0 Å². The van der Waals surface area contributed by atoms with Gasteiger partial charge in [0.2, 0.25) is 9.47 Å². The van der Waals surface area contributed by atoms with Crippen molar-refractivity contribution < 1.29 is 4.79 Å². The molecule has 0 aliphatic rings. The molecule has 0 spiro atoms. The van der Waals surface area contributed by atoms with Crippen LogP contribution < -0.4 is 5.32 Å². The second-order valence-corrected chi connectivity index (χ2v) is 7.24. The molecule has 0 atom stereocenters. The smallest absolute Gasteiger partial charge is 0.286 e. The lowest BCUT2D eigenvalue weighted by molar-refractivity contribution is 0.102. The fourth-order valence-corrected chi connectivity index (χ4v) is 4.31. The average Bonchev–Trinajstić information content (AvgIpc) is 2.70. The van der Waals surface area contributed by atoms with Gasteiger partial charge in [-0.3, -0.25) is 4.79 Å². The van der Waals surface area contributed by atoms with Gasteiger partial charge in [-0.15, -0.1) is 10.2 Å². The number of carbonyl (C=O) groups is 1. The van der Waals surface area contributed by atoms with Gasteiger partial charge >= 0.3 is 0 Å². The van der Waals surface area contributed by atoms with Crippen molar-refractivity contribution >= 4 is 82.3 Å². The topological polar surface area (TPSA) is 54.9 Å². The molecule has 4 nitrogen and oxygen atoms in total. The lowest BCUT2D eigenvalue weighted by Crippen LogP contribution is -2.12. The molecule has 0 bridgehead atoms. The van der Waals surface area contributed by atoms with Crippen LogP contribution in [0.2, 0.25) is 4.47 Å². The summed E-state index contributed by atoms with van der Waals surface area (Å²) in [7, 11) is 0. The Morgan fingerprint density at radius 1 is 1.22 bits per heavy atom. The number of nitrogens with zero attached hydrogens (tertiary/aromatic N) is 2. The summed E-state index contributed by atoms with van der Waals surface area (Å²) in [6.45, 7) is 0.